The first-order valence-electron chi connectivity index (χ1n) is 6.00. The average Bonchev–Trinajstić information content (AvgIpc) is 2.23. The van der Waals surface area contributed by atoms with Crippen molar-refractivity contribution in [2.45, 2.75) is 64.2 Å². The van der Waals surface area contributed by atoms with Crippen LogP contribution in [0, 0.1) is 10.1 Å². The van der Waals surface area contributed by atoms with Gasteiger partial charge < -0.3 is 4.74 Å². The minimum Gasteiger partial charge on any atom is -0.363 e. The van der Waals surface area contributed by atoms with Gasteiger partial charge in [0.25, 0.3) is 5.54 Å². The van der Waals surface area contributed by atoms with E-state index in [-0.39, 0.29) is 17.1 Å². The van der Waals surface area contributed by atoms with E-state index in [0.717, 1.165) is 25.7 Å². The minimum atomic E-state index is -1.06. The zero-order valence-corrected chi connectivity index (χ0v) is 10.3. The normalized spacial score (nSPS) is 33.9. The van der Waals surface area contributed by atoms with Crippen molar-refractivity contribution in [1.29, 1.82) is 0 Å². The van der Waals surface area contributed by atoms with Gasteiger partial charge in [-0.2, -0.15) is 0 Å². The number of nitrogens with zero attached hydrogens (tertiary/aromatic N) is 1. The number of ether oxygens (including phenoxy) is 1. The summed E-state index contributed by atoms with van der Waals surface area (Å²) in [6.45, 7) is 5.69. The van der Waals surface area contributed by atoms with E-state index < -0.39 is 5.54 Å². The quantitative estimate of drug-likeness (QED) is 0.314. The molecular formula is C12H21NO3. The van der Waals surface area contributed by atoms with E-state index in [0.29, 0.717) is 0 Å². The van der Waals surface area contributed by atoms with Gasteiger partial charge in [-0.1, -0.05) is 32.3 Å². The number of nitro groups is 1. The Balaban J connectivity index is 2.70. The van der Waals surface area contributed by atoms with Crippen LogP contribution in [0.2, 0.25) is 0 Å². The Hall–Kier alpha value is -0.900. The summed E-state index contributed by atoms with van der Waals surface area (Å²) >= 11 is 0. The number of unbranched alkanes of at least 4 members (excludes halogenated alkanes) is 2. The summed E-state index contributed by atoms with van der Waals surface area (Å²) < 4.78 is 5.68. The largest absolute Gasteiger partial charge is 0.363 e. The zero-order valence-electron chi connectivity index (χ0n) is 10.3. The van der Waals surface area contributed by atoms with Gasteiger partial charge in [-0.25, -0.2) is 0 Å². The van der Waals surface area contributed by atoms with E-state index >= 15 is 0 Å². The summed E-state index contributed by atoms with van der Waals surface area (Å²) in [6.07, 6.45) is 7.13. The average molecular weight is 227 g/mol. The summed E-state index contributed by atoms with van der Waals surface area (Å²) in [5, 5.41) is 11.1. The van der Waals surface area contributed by atoms with Crippen LogP contribution < -0.4 is 0 Å². The standard InChI is InChI=1S/C12H21NO3/c1-4-5-6-7-11-12(3,13(14)15)9-8-10(2)16-11/h8-11H,4-7H2,1-3H3/t10?,11-,12+/m0/s1. The number of hydrogen-bond donors (Lipinski definition) is 0. The molecule has 0 aromatic carbocycles. The Kier molecular flexibility index (Phi) is 4.47. The molecule has 1 heterocycles. The first-order chi connectivity index (χ1) is 7.50. The fraction of sp³-hybridized carbons (Fsp3) is 0.833. The van der Waals surface area contributed by atoms with Crippen molar-refractivity contribution >= 4 is 0 Å². The molecule has 0 fully saturated rings. The van der Waals surface area contributed by atoms with Gasteiger partial charge in [0.2, 0.25) is 0 Å². The van der Waals surface area contributed by atoms with Gasteiger partial charge >= 0.3 is 0 Å². The van der Waals surface area contributed by atoms with Gasteiger partial charge in [-0.15, -0.1) is 0 Å². The lowest BCUT2D eigenvalue weighted by atomic mass is 9.88. The molecule has 0 spiro atoms. The van der Waals surface area contributed by atoms with Gasteiger partial charge in [-0.3, -0.25) is 10.1 Å². The van der Waals surface area contributed by atoms with Crippen LogP contribution in [0.4, 0.5) is 0 Å². The molecule has 0 bridgehead atoms. The first kappa shape index (κ1) is 13.2. The van der Waals surface area contributed by atoms with Crippen LogP contribution in [-0.2, 0) is 4.74 Å². The highest BCUT2D eigenvalue weighted by Crippen LogP contribution is 2.29. The predicted molar refractivity (Wildman–Crippen MR) is 63.0 cm³/mol. The fourth-order valence-electron chi connectivity index (χ4n) is 2.00. The topological polar surface area (TPSA) is 52.4 Å². The fourth-order valence-corrected chi connectivity index (χ4v) is 2.00. The van der Waals surface area contributed by atoms with Gasteiger partial charge in [0, 0.05) is 11.8 Å². The molecule has 92 valence electrons. The molecule has 0 aliphatic carbocycles. The molecule has 0 saturated carbocycles. The number of hydrogen-bond acceptors (Lipinski definition) is 3. The van der Waals surface area contributed by atoms with Crippen molar-refractivity contribution in [2.24, 2.45) is 0 Å². The van der Waals surface area contributed by atoms with Gasteiger partial charge in [-0.05, 0) is 19.4 Å². The Morgan fingerprint density at radius 1 is 1.50 bits per heavy atom. The third-order valence-electron chi connectivity index (χ3n) is 3.20. The molecule has 4 nitrogen and oxygen atoms in total. The molecule has 0 saturated heterocycles. The van der Waals surface area contributed by atoms with Crippen LogP contribution in [0.1, 0.15) is 46.5 Å². The smallest absolute Gasteiger partial charge is 0.263 e. The lowest BCUT2D eigenvalue weighted by Crippen LogP contribution is -2.49. The van der Waals surface area contributed by atoms with Gasteiger partial charge in [0.05, 0.1) is 6.10 Å². The molecule has 0 aromatic heterocycles. The maximum Gasteiger partial charge on any atom is 0.263 e. The summed E-state index contributed by atoms with van der Waals surface area (Å²) in [4.78, 5) is 10.9. The molecule has 3 atom stereocenters. The molecule has 1 rings (SSSR count). The third kappa shape index (κ3) is 2.82. The second-order valence-electron chi connectivity index (χ2n) is 4.67. The monoisotopic (exact) mass is 227 g/mol. The Morgan fingerprint density at radius 2 is 2.19 bits per heavy atom. The van der Waals surface area contributed by atoms with Gasteiger partial charge in [0.1, 0.15) is 6.10 Å². The molecular weight excluding hydrogens is 206 g/mol. The molecule has 4 heteroatoms. The molecule has 0 radical (unpaired) electrons. The van der Waals surface area contributed by atoms with Gasteiger partial charge in [0.15, 0.2) is 0 Å². The highest BCUT2D eigenvalue weighted by Gasteiger charge is 2.46. The first-order valence-corrected chi connectivity index (χ1v) is 6.00. The summed E-state index contributed by atoms with van der Waals surface area (Å²) in [6, 6.07) is 0. The lowest BCUT2D eigenvalue weighted by Gasteiger charge is -2.33. The Bertz CT molecular complexity index is 277. The van der Waals surface area contributed by atoms with Crippen molar-refractivity contribution in [2.75, 3.05) is 0 Å². The van der Waals surface area contributed by atoms with Crippen LogP contribution in [0.25, 0.3) is 0 Å². The highest BCUT2D eigenvalue weighted by molar-refractivity contribution is 5.09. The van der Waals surface area contributed by atoms with Crippen molar-refractivity contribution in [3.63, 3.8) is 0 Å². The zero-order chi connectivity index (χ0) is 12.2. The molecule has 1 aliphatic heterocycles. The lowest BCUT2D eigenvalue weighted by molar-refractivity contribution is -0.566. The van der Waals surface area contributed by atoms with Crippen LogP contribution in [0.15, 0.2) is 12.2 Å². The number of rotatable bonds is 5. The van der Waals surface area contributed by atoms with E-state index in [1.165, 1.54) is 0 Å². The molecule has 0 N–H and O–H groups in total. The van der Waals surface area contributed by atoms with Crippen molar-refractivity contribution in [1.82, 2.24) is 0 Å². The van der Waals surface area contributed by atoms with E-state index in [1.807, 2.05) is 6.92 Å². The summed E-state index contributed by atoms with van der Waals surface area (Å²) in [7, 11) is 0. The molecule has 1 aliphatic rings. The van der Waals surface area contributed by atoms with E-state index in [1.54, 1.807) is 19.1 Å². The van der Waals surface area contributed by atoms with Crippen LogP contribution in [0.3, 0.4) is 0 Å². The third-order valence-corrected chi connectivity index (χ3v) is 3.20. The highest BCUT2D eigenvalue weighted by atomic mass is 16.6. The van der Waals surface area contributed by atoms with Crippen LogP contribution in [0.5, 0.6) is 0 Å². The van der Waals surface area contributed by atoms with E-state index in [2.05, 4.69) is 6.92 Å². The Labute approximate surface area is 96.8 Å². The maximum absolute atomic E-state index is 11.1. The van der Waals surface area contributed by atoms with Crippen molar-refractivity contribution in [3.8, 4) is 0 Å². The summed E-state index contributed by atoms with van der Waals surface area (Å²) in [5.74, 6) is 0. The maximum atomic E-state index is 11.1. The minimum absolute atomic E-state index is 0.0142. The molecule has 16 heavy (non-hydrogen) atoms. The SMILES string of the molecule is CCCCC[C@@H]1OC(C)C=C[C@@]1(C)[N+](=O)[O-]. The van der Waals surface area contributed by atoms with Crippen LogP contribution in [-0.4, -0.2) is 22.7 Å². The molecule has 1 unspecified atom stereocenters. The Morgan fingerprint density at radius 3 is 2.75 bits per heavy atom. The van der Waals surface area contributed by atoms with E-state index in [9.17, 15) is 10.1 Å². The predicted octanol–water partition coefficient (Wildman–Crippen LogP) is 2.95. The molecule has 0 aromatic rings. The summed E-state index contributed by atoms with van der Waals surface area (Å²) in [5.41, 5.74) is -1.06. The van der Waals surface area contributed by atoms with Crippen LogP contribution >= 0.6 is 0 Å². The second kappa shape index (κ2) is 5.43. The molecule has 0 amide bonds. The van der Waals surface area contributed by atoms with Crippen molar-refractivity contribution < 1.29 is 9.66 Å². The second-order valence-corrected chi connectivity index (χ2v) is 4.67. The van der Waals surface area contributed by atoms with Crippen molar-refractivity contribution in [3.05, 3.63) is 22.3 Å². The van der Waals surface area contributed by atoms with E-state index in [4.69, 9.17) is 4.74 Å².